The predicted octanol–water partition coefficient (Wildman–Crippen LogP) is 2.80. The summed E-state index contributed by atoms with van der Waals surface area (Å²) in [5.74, 6) is 0.660. The highest BCUT2D eigenvalue weighted by atomic mass is 14.6. The summed E-state index contributed by atoms with van der Waals surface area (Å²) in [5.41, 5.74) is 6.14. The first-order valence-electron chi connectivity index (χ1n) is 4.80. The number of hydrogen-bond donors (Lipinski definition) is 1. The van der Waals surface area contributed by atoms with E-state index in [1.54, 1.807) is 0 Å². The molecule has 0 saturated carbocycles. The Hall–Kier alpha value is -0.0400. The average molecular weight is 157 g/mol. The Labute approximate surface area is 71.4 Å². The molecule has 1 nitrogen and oxygen atoms in total. The topological polar surface area (TPSA) is 26.0 Å². The average Bonchev–Trinajstić information content (AvgIpc) is 2.03. The Morgan fingerprint density at radius 2 is 1.91 bits per heavy atom. The predicted molar refractivity (Wildman–Crippen MR) is 51.5 cm³/mol. The van der Waals surface area contributed by atoms with Crippen LogP contribution in [0.2, 0.25) is 0 Å². The molecule has 0 aliphatic rings. The van der Waals surface area contributed by atoms with E-state index in [1.165, 1.54) is 19.3 Å². The maximum Gasteiger partial charge on any atom is -0.00463 e. The van der Waals surface area contributed by atoms with Crippen molar-refractivity contribution in [3.05, 3.63) is 0 Å². The van der Waals surface area contributed by atoms with Crippen LogP contribution in [0.5, 0.6) is 0 Å². The number of nitrogens with two attached hydrogens (primary N) is 1. The number of hydrogen-bond acceptors (Lipinski definition) is 1. The first kappa shape index (κ1) is 11.0. The van der Waals surface area contributed by atoms with Gasteiger partial charge in [0, 0.05) is 0 Å². The second-order valence-corrected chi connectivity index (χ2v) is 3.89. The van der Waals surface area contributed by atoms with Crippen molar-refractivity contribution in [1.82, 2.24) is 0 Å². The van der Waals surface area contributed by atoms with Gasteiger partial charge in [0.15, 0.2) is 0 Å². The SMILES string of the molecule is CCCC(C)(CC)C(C)CN. The van der Waals surface area contributed by atoms with E-state index in [0.29, 0.717) is 11.3 Å². The van der Waals surface area contributed by atoms with Gasteiger partial charge in [0.2, 0.25) is 0 Å². The molecular formula is C10H23N. The molecule has 2 N–H and O–H groups in total. The van der Waals surface area contributed by atoms with Crippen molar-refractivity contribution in [2.45, 2.75) is 47.0 Å². The minimum atomic E-state index is 0.476. The molecule has 0 aromatic heterocycles. The molecule has 0 rings (SSSR count). The van der Waals surface area contributed by atoms with Crippen LogP contribution in [0.3, 0.4) is 0 Å². The molecule has 0 aliphatic heterocycles. The first-order chi connectivity index (χ1) is 5.10. The lowest BCUT2D eigenvalue weighted by atomic mass is 9.73. The third-order valence-corrected chi connectivity index (χ3v) is 3.17. The third kappa shape index (κ3) is 2.82. The summed E-state index contributed by atoms with van der Waals surface area (Å²) in [5, 5.41) is 0. The molecule has 68 valence electrons. The summed E-state index contributed by atoms with van der Waals surface area (Å²) in [6, 6.07) is 0. The fraction of sp³-hybridized carbons (Fsp3) is 1.00. The van der Waals surface area contributed by atoms with Gasteiger partial charge in [-0.1, -0.05) is 40.5 Å². The molecule has 2 unspecified atom stereocenters. The molecule has 0 fully saturated rings. The van der Waals surface area contributed by atoms with Crippen LogP contribution in [-0.4, -0.2) is 6.54 Å². The minimum Gasteiger partial charge on any atom is -0.330 e. The van der Waals surface area contributed by atoms with E-state index in [0.717, 1.165) is 6.54 Å². The van der Waals surface area contributed by atoms with Crippen LogP contribution < -0.4 is 5.73 Å². The van der Waals surface area contributed by atoms with Gasteiger partial charge in [-0.15, -0.1) is 0 Å². The summed E-state index contributed by atoms with van der Waals surface area (Å²) in [4.78, 5) is 0. The standard InChI is InChI=1S/C10H23N/c1-5-7-10(4,6-2)9(3)8-11/h9H,5-8,11H2,1-4H3. The van der Waals surface area contributed by atoms with E-state index in [9.17, 15) is 0 Å². The van der Waals surface area contributed by atoms with Crippen LogP contribution >= 0.6 is 0 Å². The zero-order chi connectivity index (χ0) is 8.91. The van der Waals surface area contributed by atoms with Crippen molar-refractivity contribution < 1.29 is 0 Å². The van der Waals surface area contributed by atoms with Gasteiger partial charge in [0.25, 0.3) is 0 Å². The van der Waals surface area contributed by atoms with Gasteiger partial charge >= 0.3 is 0 Å². The summed E-state index contributed by atoms with van der Waals surface area (Å²) in [7, 11) is 0. The van der Waals surface area contributed by atoms with Crippen molar-refractivity contribution in [2.75, 3.05) is 6.54 Å². The minimum absolute atomic E-state index is 0.476. The molecule has 0 spiro atoms. The van der Waals surface area contributed by atoms with Crippen molar-refractivity contribution >= 4 is 0 Å². The van der Waals surface area contributed by atoms with Gasteiger partial charge in [-0.3, -0.25) is 0 Å². The zero-order valence-electron chi connectivity index (χ0n) is 8.48. The number of rotatable bonds is 5. The Kier molecular flexibility index (Phi) is 4.74. The maximum absolute atomic E-state index is 5.66. The lowest BCUT2D eigenvalue weighted by Gasteiger charge is -2.34. The molecule has 0 heterocycles. The van der Waals surface area contributed by atoms with Crippen molar-refractivity contribution in [2.24, 2.45) is 17.1 Å². The maximum atomic E-state index is 5.66. The monoisotopic (exact) mass is 157 g/mol. The highest BCUT2D eigenvalue weighted by molar-refractivity contribution is 4.78. The van der Waals surface area contributed by atoms with Gasteiger partial charge in [-0.25, -0.2) is 0 Å². The smallest absolute Gasteiger partial charge is 0.00463 e. The molecule has 11 heavy (non-hydrogen) atoms. The van der Waals surface area contributed by atoms with Crippen molar-refractivity contribution in [1.29, 1.82) is 0 Å². The molecule has 2 atom stereocenters. The second kappa shape index (κ2) is 4.76. The lowest BCUT2D eigenvalue weighted by Crippen LogP contribution is -2.30. The zero-order valence-corrected chi connectivity index (χ0v) is 8.48. The summed E-state index contributed by atoms with van der Waals surface area (Å²) < 4.78 is 0. The van der Waals surface area contributed by atoms with E-state index >= 15 is 0 Å². The third-order valence-electron chi connectivity index (χ3n) is 3.17. The molecule has 0 aliphatic carbocycles. The largest absolute Gasteiger partial charge is 0.330 e. The summed E-state index contributed by atoms with van der Waals surface area (Å²) in [6.45, 7) is 9.95. The lowest BCUT2D eigenvalue weighted by molar-refractivity contribution is 0.179. The van der Waals surface area contributed by atoms with E-state index in [1.807, 2.05) is 0 Å². The second-order valence-electron chi connectivity index (χ2n) is 3.89. The van der Waals surface area contributed by atoms with Gasteiger partial charge in [-0.05, 0) is 24.3 Å². The van der Waals surface area contributed by atoms with Crippen molar-refractivity contribution in [3.63, 3.8) is 0 Å². The Morgan fingerprint density at radius 3 is 2.18 bits per heavy atom. The van der Waals surface area contributed by atoms with Gasteiger partial charge in [0.1, 0.15) is 0 Å². The summed E-state index contributed by atoms with van der Waals surface area (Å²) in [6.07, 6.45) is 3.83. The van der Waals surface area contributed by atoms with Crippen LogP contribution in [0, 0.1) is 11.3 Å². The fourth-order valence-electron chi connectivity index (χ4n) is 1.63. The normalized spacial score (nSPS) is 19.4. The molecule has 0 bridgehead atoms. The Bertz CT molecular complexity index is 101. The molecule has 0 saturated heterocycles. The van der Waals surface area contributed by atoms with Crippen LogP contribution in [0.1, 0.15) is 47.0 Å². The Morgan fingerprint density at radius 1 is 1.36 bits per heavy atom. The van der Waals surface area contributed by atoms with Crippen molar-refractivity contribution in [3.8, 4) is 0 Å². The summed E-state index contributed by atoms with van der Waals surface area (Å²) >= 11 is 0. The molecule has 0 amide bonds. The molecule has 0 radical (unpaired) electrons. The van der Waals surface area contributed by atoms with E-state index in [-0.39, 0.29) is 0 Å². The molecular weight excluding hydrogens is 134 g/mol. The molecule has 0 aromatic rings. The highest BCUT2D eigenvalue weighted by Crippen LogP contribution is 2.35. The fourth-order valence-corrected chi connectivity index (χ4v) is 1.63. The highest BCUT2D eigenvalue weighted by Gasteiger charge is 2.26. The molecule has 1 heteroatoms. The quantitative estimate of drug-likeness (QED) is 0.652. The molecule has 0 aromatic carbocycles. The van der Waals surface area contributed by atoms with E-state index in [4.69, 9.17) is 5.73 Å². The Balaban J connectivity index is 4.07. The van der Waals surface area contributed by atoms with Crippen LogP contribution in [-0.2, 0) is 0 Å². The van der Waals surface area contributed by atoms with E-state index < -0.39 is 0 Å². The van der Waals surface area contributed by atoms with Crippen LogP contribution in [0.25, 0.3) is 0 Å². The van der Waals surface area contributed by atoms with Gasteiger partial charge < -0.3 is 5.73 Å². The van der Waals surface area contributed by atoms with Crippen LogP contribution in [0.4, 0.5) is 0 Å². The van der Waals surface area contributed by atoms with Crippen LogP contribution in [0.15, 0.2) is 0 Å². The van der Waals surface area contributed by atoms with E-state index in [2.05, 4.69) is 27.7 Å². The van der Waals surface area contributed by atoms with Gasteiger partial charge in [-0.2, -0.15) is 0 Å². The van der Waals surface area contributed by atoms with Gasteiger partial charge in [0.05, 0.1) is 0 Å². The first-order valence-corrected chi connectivity index (χ1v) is 4.80.